The van der Waals surface area contributed by atoms with Gasteiger partial charge in [-0.2, -0.15) is 0 Å². The molecule has 0 aliphatic rings. The number of fused-ring (bicyclic) bond motifs is 2. The van der Waals surface area contributed by atoms with Gasteiger partial charge < -0.3 is 21.3 Å². The first-order valence-corrected chi connectivity index (χ1v) is 11.7. The summed E-state index contributed by atoms with van der Waals surface area (Å²) in [5.41, 5.74) is 1.59. The average molecular weight is 455 g/mol. The number of benzene rings is 4. The molecule has 0 heterocycles. The van der Waals surface area contributed by atoms with Crippen LogP contribution >= 0.6 is 0 Å². The summed E-state index contributed by atoms with van der Waals surface area (Å²) >= 11 is 0. The van der Waals surface area contributed by atoms with Crippen molar-refractivity contribution in [1.29, 1.82) is 0 Å². The van der Waals surface area contributed by atoms with Crippen LogP contribution in [0.5, 0.6) is 0 Å². The molecular weight excluding hydrogens is 424 g/mol. The fourth-order valence-corrected chi connectivity index (χ4v) is 4.02. The molecule has 0 aliphatic heterocycles. The number of nitrogens with one attached hydrogen (secondary N) is 4. The summed E-state index contributed by atoms with van der Waals surface area (Å²) in [5.74, 6) is 0.293. The second-order valence-electron chi connectivity index (χ2n) is 8.52. The Bertz CT molecular complexity index is 1280. The van der Waals surface area contributed by atoms with E-state index in [1.807, 2.05) is 84.9 Å². The zero-order valence-electron chi connectivity index (χ0n) is 19.3. The maximum absolute atomic E-state index is 12.4. The third-order valence-electron chi connectivity index (χ3n) is 5.85. The zero-order chi connectivity index (χ0) is 23.8. The Labute approximate surface area is 199 Å². The molecular formula is C28H30N4O2. The number of carbonyl (C=O) groups is 2. The van der Waals surface area contributed by atoms with Crippen LogP contribution in [-0.2, 0) is 0 Å². The first-order valence-electron chi connectivity index (χ1n) is 11.7. The molecule has 4 amide bonds. The van der Waals surface area contributed by atoms with Crippen LogP contribution in [0.3, 0.4) is 0 Å². The van der Waals surface area contributed by atoms with Crippen molar-refractivity contribution in [2.24, 2.45) is 5.92 Å². The van der Waals surface area contributed by atoms with Gasteiger partial charge in [0.1, 0.15) is 0 Å². The number of hydrogen-bond acceptors (Lipinski definition) is 2. The van der Waals surface area contributed by atoms with E-state index in [9.17, 15) is 9.59 Å². The largest absolute Gasteiger partial charge is 0.338 e. The van der Waals surface area contributed by atoms with Crippen LogP contribution in [0.15, 0.2) is 84.9 Å². The van der Waals surface area contributed by atoms with Crippen LogP contribution < -0.4 is 21.3 Å². The minimum Gasteiger partial charge on any atom is -0.338 e. The van der Waals surface area contributed by atoms with Gasteiger partial charge in [-0.3, -0.25) is 0 Å². The van der Waals surface area contributed by atoms with Crippen molar-refractivity contribution in [2.45, 2.75) is 19.8 Å². The fourth-order valence-electron chi connectivity index (χ4n) is 4.02. The standard InChI is InChI=1S/C28H30N4O2/c1-20(19-30-28(34)32-26-17-7-13-22-11-3-5-15-24(22)26)9-8-18-29-27(33)31-25-16-6-12-21-10-2-4-14-23(21)25/h2-7,10-17,20H,8-9,18-19H2,1H3,(H2,29,31,33)(H2,30,32,34). The van der Waals surface area contributed by atoms with Gasteiger partial charge in [-0.15, -0.1) is 0 Å². The predicted octanol–water partition coefficient (Wildman–Crippen LogP) is 6.35. The maximum Gasteiger partial charge on any atom is 0.319 e. The number of anilines is 2. The quantitative estimate of drug-likeness (QED) is 0.234. The maximum atomic E-state index is 12.4. The van der Waals surface area contributed by atoms with Crippen molar-refractivity contribution in [3.8, 4) is 0 Å². The summed E-state index contributed by atoms with van der Waals surface area (Å²) in [6.07, 6.45) is 1.72. The Morgan fingerprint density at radius 2 is 1.18 bits per heavy atom. The Hall–Kier alpha value is -4.06. The molecule has 34 heavy (non-hydrogen) atoms. The van der Waals surface area contributed by atoms with E-state index in [1.165, 1.54) is 0 Å². The number of urea groups is 2. The molecule has 1 unspecified atom stereocenters. The summed E-state index contributed by atoms with van der Waals surface area (Å²) in [5, 5.41) is 15.9. The van der Waals surface area contributed by atoms with Gasteiger partial charge >= 0.3 is 12.1 Å². The number of amides is 4. The van der Waals surface area contributed by atoms with Gasteiger partial charge in [0.2, 0.25) is 0 Å². The summed E-state index contributed by atoms with van der Waals surface area (Å²) in [6.45, 7) is 3.23. The van der Waals surface area contributed by atoms with Gasteiger partial charge in [0, 0.05) is 23.9 Å². The van der Waals surface area contributed by atoms with E-state index in [0.29, 0.717) is 19.0 Å². The van der Waals surface area contributed by atoms with Crippen molar-refractivity contribution >= 4 is 45.0 Å². The van der Waals surface area contributed by atoms with E-state index in [1.54, 1.807) is 0 Å². The Balaban J connectivity index is 1.15. The SMILES string of the molecule is CC(CCCNC(=O)Nc1cccc2ccccc12)CNC(=O)Nc1cccc2ccccc12. The normalized spacial score (nSPS) is 11.7. The third kappa shape index (κ3) is 6.04. The third-order valence-corrected chi connectivity index (χ3v) is 5.85. The monoisotopic (exact) mass is 454 g/mol. The van der Waals surface area contributed by atoms with Gasteiger partial charge in [-0.25, -0.2) is 9.59 Å². The molecule has 174 valence electrons. The molecule has 1 atom stereocenters. The highest BCUT2D eigenvalue weighted by Crippen LogP contribution is 2.23. The average Bonchev–Trinajstić information content (AvgIpc) is 2.86. The molecule has 4 aromatic carbocycles. The highest BCUT2D eigenvalue weighted by molar-refractivity contribution is 6.02. The molecule has 0 radical (unpaired) electrons. The zero-order valence-corrected chi connectivity index (χ0v) is 19.3. The van der Waals surface area contributed by atoms with E-state index < -0.39 is 0 Å². The molecule has 0 aliphatic carbocycles. The van der Waals surface area contributed by atoms with Gasteiger partial charge in [0.05, 0.1) is 11.4 Å². The summed E-state index contributed by atoms with van der Waals surface area (Å²) in [7, 11) is 0. The number of hydrogen-bond donors (Lipinski definition) is 4. The van der Waals surface area contributed by atoms with Crippen molar-refractivity contribution < 1.29 is 9.59 Å². The second-order valence-corrected chi connectivity index (χ2v) is 8.52. The molecule has 4 N–H and O–H groups in total. The van der Waals surface area contributed by atoms with Crippen LogP contribution in [0.1, 0.15) is 19.8 Å². The first-order chi connectivity index (χ1) is 16.6. The molecule has 4 aromatic rings. The van der Waals surface area contributed by atoms with Crippen molar-refractivity contribution in [3.63, 3.8) is 0 Å². The van der Waals surface area contributed by atoms with Crippen molar-refractivity contribution in [2.75, 3.05) is 23.7 Å². The Morgan fingerprint density at radius 1 is 0.676 bits per heavy atom. The van der Waals surface area contributed by atoms with E-state index in [4.69, 9.17) is 0 Å². The topological polar surface area (TPSA) is 82.3 Å². The molecule has 0 fully saturated rings. The Kier molecular flexibility index (Phi) is 7.60. The van der Waals surface area contributed by atoms with E-state index >= 15 is 0 Å². The lowest BCUT2D eigenvalue weighted by molar-refractivity contribution is 0.250. The predicted molar refractivity (Wildman–Crippen MR) is 140 cm³/mol. The van der Waals surface area contributed by atoms with Gasteiger partial charge in [-0.1, -0.05) is 79.7 Å². The lowest BCUT2D eigenvalue weighted by atomic mass is 10.1. The van der Waals surface area contributed by atoms with E-state index in [0.717, 1.165) is 45.8 Å². The molecule has 4 rings (SSSR count). The molecule has 0 aromatic heterocycles. The van der Waals surface area contributed by atoms with Gasteiger partial charge in [0.15, 0.2) is 0 Å². The van der Waals surface area contributed by atoms with E-state index in [2.05, 4.69) is 28.2 Å². The first kappa shape index (κ1) is 23.1. The van der Waals surface area contributed by atoms with Gasteiger partial charge in [0.25, 0.3) is 0 Å². The summed E-state index contributed by atoms with van der Waals surface area (Å²) in [6, 6.07) is 27.2. The summed E-state index contributed by atoms with van der Waals surface area (Å²) < 4.78 is 0. The minimum atomic E-state index is -0.212. The van der Waals surface area contributed by atoms with Crippen molar-refractivity contribution in [3.05, 3.63) is 84.9 Å². The van der Waals surface area contributed by atoms with Crippen LogP contribution in [-0.4, -0.2) is 25.2 Å². The molecule has 0 saturated carbocycles. The molecule has 0 spiro atoms. The molecule has 0 saturated heterocycles. The Morgan fingerprint density at radius 3 is 1.76 bits per heavy atom. The van der Waals surface area contributed by atoms with Gasteiger partial charge in [-0.05, 0) is 41.7 Å². The van der Waals surface area contributed by atoms with Crippen LogP contribution in [0.25, 0.3) is 21.5 Å². The lowest BCUT2D eigenvalue weighted by Crippen LogP contribution is -2.33. The molecule has 6 nitrogen and oxygen atoms in total. The lowest BCUT2D eigenvalue weighted by Gasteiger charge is -2.15. The fraction of sp³-hybridized carbons (Fsp3) is 0.214. The van der Waals surface area contributed by atoms with Crippen LogP contribution in [0, 0.1) is 5.92 Å². The molecule has 6 heteroatoms. The van der Waals surface area contributed by atoms with Crippen LogP contribution in [0.4, 0.5) is 21.0 Å². The number of rotatable bonds is 8. The summed E-state index contributed by atoms with van der Waals surface area (Å²) in [4.78, 5) is 24.7. The highest BCUT2D eigenvalue weighted by atomic mass is 16.2. The van der Waals surface area contributed by atoms with E-state index in [-0.39, 0.29) is 12.1 Å². The number of carbonyl (C=O) groups excluding carboxylic acids is 2. The van der Waals surface area contributed by atoms with Crippen molar-refractivity contribution in [1.82, 2.24) is 10.6 Å². The molecule has 0 bridgehead atoms. The highest BCUT2D eigenvalue weighted by Gasteiger charge is 2.09. The smallest absolute Gasteiger partial charge is 0.319 e. The second kappa shape index (κ2) is 11.2. The minimum absolute atomic E-state index is 0.211. The van der Waals surface area contributed by atoms with Crippen LogP contribution in [0.2, 0.25) is 0 Å².